The van der Waals surface area contributed by atoms with Crippen molar-refractivity contribution in [2.45, 2.75) is 39.7 Å². The van der Waals surface area contributed by atoms with Crippen molar-refractivity contribution in [2.24, 2.45) is 0 Å². The van der Waals surface area contributed by atoms with Gasteiger partial charge in [0.05, 0.1) is 5.52 Å². The number of carbonyl (C=O) groups is 1. The lowest BCUT2D eigenvalue weighted by Crippen LogP contribution is -2.23. The fourth-order valence-electron chi connectivity index (χ4n) is 2.83. The van der Waals surface area contributed by atoms with Gasteiger partial charge in [0.25, 0.3) is 5.91 Å². The summed E-state index contributed by atoms with van der Waals surface area (Å²) in [5.41, 5.74) is 3.92. The molecule has 4 nitrogen and oxygen atoms in total. The number of halogens is 1. The molecule has 0 unspecified atom stereocenters. The summed E-state index contributed by atoms with van der Waals surface area (Å²) in [4.78, 5) is 17.2. The number of rotatable bonds is 3. The summed E-state index contributed by atoms with van der Waals surface area (Å²) in [6, 6.07) is 12.8. The molecule has 5 heteroatoms. The minimum Gasteiger partial charge on any atom is -0.508 e. The van der Waals surface area contributed by atoms with E-state index >= 15 is 0 Å². The monoisotopic (exact) mass is 382 g/mol. The van der Waals surface area contributed by atoms with Crippen LogP contribution in [0.1, 0.15) is 48.0 Å². The average molecular weight is 383 g/mol. The van der Waals surface area contributed by atoms with Gasteiger partial charge in [0.1, 0.15) is 5.75 Å². The molecule has 27 heavy (non-hydrogen) atoms. The molecule has 0 aliphatic heterocycles. The zero-order valence-corrected chi connectivity index (χ0v) is 16.7. The maximum Gasteiger partial charge on any atom is 0.251 e. The maximum absolute atomic E-state index is 12.5. The smallest absolute Gasteiger partial charge is 0.251 e. The second kappa shape index (κ2) is 7.20. The van der Waals surface area contributed by atoms with Crippen molar-refractivity contribution in [3.05, 3.63) is 69.9 Å². The summed E-state index contributed by atoms with van der Waals surface area (Å²) < 4.78 is 0. The quantitative estimate of drug-likeness (QED) is 0.660. The number of phenols is 1. The number of fused-ring (bicyclic) bond motifs is 1. The minimum absolute atomic E-state index is 0.0221. The Morgan fingerprint density at radius 1 is 1.15 bits per heavy atom. The lowest BCUT2D eigenvalue weighted by molar-refractivity contribution is 0.0951. The number of aryl methyl sites for hydroxylation is 1. The Kier molecular flexibility index (Phi) is 5.11. The summed E-state index contributed by atoms with van der Waals surface area (Å²) >= 11 is 6.14. The Morgan fingerprint density at radius 2 is 1.89 bits per heavy atom. The molecule has 3 aromatic rings. The Bertz CT molecular complexity index is 1020. The number of carbonyl (C=O) groups excluding carboxylic acids is 1. The molecular formula is C22H23ClN2O2. The molecule has 0 radical (unpaired) electrons. The van der Waals surface area contributed by atoms with Crippen molar-refractivity contribution >= 4 is 28.4 Å². The van der Waals surface area contributed by atoms with Crippen molar-refractivity contribution in [2.75, 3.05) is 0 Å². The van der Waals surface area contributed by atoms with E-state index in [1.807, 2.05) is 24.3 Å². The van der Waals surface area contributed by atoms with Crippen LogP contribution in [0, 0.1) is 6.92 Å². The van der Waals surface area contributed by atoms with Crippen LogP contribution < -0.4 is 5.32 Å². The summed E-state index contributed by atoms with van der Waals surface area (Å²) in [6.07, 6.45) is 0. The number of pyridine rings is 1. The maximum atomic E-state index is 12.5. The van der Waals surface area contributed by atoms with Gasteiger partial charge in [-0.2, -0.15) is 0 Å². The number of hydrogen-bond acceptors (Lipinski definition) is 3. The first-order chi connectivity index (χ1) is 12.6. The van der Waals surface area contributed by atoms with Gasteiger partial charge >= 0.3 is 0 Å². The molecule has 0 aliphatic rings. The minimum atomic E-state index is -0.182. The number of benzene rings is 2. The molecule has 140 valence electrons. The molecule has 0 atom stereocenters. The van der Waals surface area contributed by atoms with Crippen LogP contribution in [0.5, 0.6) is 5.75 Å². The standard InChI is InChI=1S/C22H23ClN2O2/c1-13-9-16(17(23)11-19(13)26)12-24-21(27)15-5-7-18-14(10-15)6-8-20(25-18)22(2,3)4/h5-11,26H,12H2,1-4H3,(H,24,27). The third kappa shape index (κ3) is 4.22. The van der Waals surface area contributed by atoms with Crippen molar-refractivity contribution in [1.82, 2.24) is 10.3 Å². The number of amides is 1. The SMILES string of the molecule is Cc1cc(CNC(=O)c2ccc3nc(C(C)(C)C)ccc3c2)c(Cl)cc1O. The van der Waals surface area contributed by atoms with E-state index in [0.29, 0.717) is 10.6 Å². The van der Waals surface area contributed by atoms with Gasteiger partial charge < -0.3 is 10.4 Å². The number of phenolic OH excluding ortho intramolecular Hbond substituents is 1. The Labute approximate surface area is 164 Å². The highest BCUT2D eigenvalue weighted by molar-refractivity contribution is 6.31. The predicted molar refractivity (Wildman–Crippen MR) is 109 cm³/mol. The molecule has 2 N–H and O–H groups in total. The number of aromatic hydroxyl groups is 1. The van der Waals surface area contributed by atoms with E-state index in [-0.39, 0.29) is 23.6 Å². The molecule has 0 saturated carbocycles. The zero-order chi connectivity index (χ0) is 19.8. The average Bonchev–Trinajstić information content (AvgIpc) is 2.61. The molecule has 0 aliphatic carbocycles. The van der Waals surface area contributed by atoms with Gasteiger partial charge in [-0.25, -0.2) is 0 Å². The number of hydrogen-bond donors (Lipinski definition) is 2. The van der Waals surface area contributed by atoms with Crippen molar-refractivity contribution in [1.29, 1.82) is 0 Å². The van der Waals surface area contributed by atoms with E-state index in [0.717, 1.165) is 27.7 Å². The van der Waals surface area contributed by atoms with Crippen LogP contribution in [0.25, 0.3) is 10.9 Å². The van der Waals surface area contributed by atoms with Crippen LogP contribution in [-0.4, -0.2) is 16.0 Å². The fourth-order valence-corrected chi connectivity index (χ4v) is 3.05. The normalized spacial score (nSPS) is 11.6. The number of aromatic nitrogens is 1. The third-order valence-corrected chi connectivity index (χ3v) is 4.88. The number of nitrogens with one attached hydrogen (secondary N) is 1. The van der Waals surface area contributed by atoms with Crippen LogP contribution >= 0.6 is 11.6 Å². The third-order valence-electron chi connectivity index (χ3n) is 4.52. The van der Waals surface area contributed by atoms with Crippen LogP contribution in [0.3, 0.4) is 0 Å². The summed E-state index contributed by atoms with van der Waals surface area (Å²) in [5, 5.41) is 13.9. The molecule has 1 amide bonds. The van der Waals surface area contributed by atoms with Gasteiger partial charge in [0.15, 0.2) is 0 Å². The highest BCUT2D eigenvalue weighted by Crippen LogP contribution is 2.26. The van der Waals surface area contributed by atoms with Crippen LogP contribution in [0.2, 0.25) is 5.02 Å². The Balaban J connectivity index is 1.79. The Morgan fingerprint density at radius 3 is 2.59 bits per heavy atom. The summed E-state index contributed by atoms with van der Waals surface area (Å²) in [6.45, 7) is 8.45. The highest BCUT2D eigenvalue weighted by atomic mass is 35.5. The van der Waals surface area contributed by atoms with E-state index in [9.17, 15) is 9.90 Å². The molecule has 2 aromatic carbocycles. The second-order valence-corrected chi connectivity index (χ2v) is 8.17. The molecule has 1 heterocycles. The van der Waals surface area contributed by atoms with Crippen molar-refractivity contribution in [3.8, 4) is 5.75 Å². The second-order valence-electron chi connectivity index (χ2n) is 7.77. The van der Waals surface area contributed by atoms with E-state index in [1.54, 1.807) is 19.1 Å². The molecule has 3 rings (SSSR count). The first-order valence-corrected chi connectivity index (χ1v) is 9.20. The first-order valence-electron chi connectivity index (χ1n) is 8.82. The van der Waals surface area contributed by atoms with E-state index in [4.69, 9.17) is 16.6 Å². The summed E-state index contributed by atoms with van der Waals surface area (Å²) in [5.74, 6) is -0.0367. The van der Waals surface area contributed by atoms with E-state index < -0.39 is 0 Å². The van der Waals surface area contributed by atoms with Crippen molar-refractivity contribution < 1.29 is 9.90 Å². The van der Waals surface area contributed by atoms with E-state index in [2.05, 4.69) is 26.1 Å². The molecule has 0 spiro atoms. The van der Waals surface area contributed by atoms with Gasteiger partial charge in [0, 0.05) is 33.6 Å². The van der Waals surface area contributed by atoms with Gasteiger partial charge in [-0.1, -0.05) is 38.4 Å². The van der Waals surface area contributed by atoms with E-state index in [1.165, 1.54) is 6.07 Å². The topological polar surface area (TPSA) is 62.2 Å². The van der Waals surface area contributed by atoms with Gasteiger partial charge in [-0.15, -0.1) is 0 Å². The molecular weight excluding hydrogens is 360 g/mol. The largest absolute Gasteiger partial charge is 0.508 e. The molecule has 0 saturated heterocycles. The lowest BCUT2D eigenvalue weighted by atomic mass is 9.91. The fraction of sp³-hybridized carbons (Fsp3) is 0.273. The summed E-state index contributed by atoms with van der Waals surface area (Å²) in [7, 11) is 0. The van der Waals surface area contributed by atoms with Crippen LogP contribution in [-0.2, 0) is 12.0 Å². The molecule has 1 aromatic heterocycles. The predicted octanol–water partition coefficient (Wildman–Crippen LogP) is 5.13. The first kappa shape index (κ1) is 19.2. The van der Waals surface area contributed by atoms with Gasteiger partial charge in [0.2, 0.25) is 0 Å². The molecule has 0 fully saturated rings. The molecule has 0 bridgehead atoms. The van der Waals surface area contributed by atoms with Crippen LogP contribution in [0.4, 0.5) is 0 Å². The lowest BCUT2D eigenvalue weighted by Gasteiger charge is -2.18. The number of nitrogens with zero attached hydrogens (tertiary/aromatic N) is 1. The zero-order valence-electron chi connectivity index (χ0n) is 15.9. The van der Waals surface area contributed by atoms with Gasteiger partial charge in [-0.05, 0) is 54.4 Å². The van der Waals surface area contributed by atoms with Crippen molar-refractivity contribution in [3.63, 3.8) is 0 Å². The van der Waals surface area contributed by atoms with Crippen LogP contribution in [0.15, 0.2) is 42.5 Å². The highest BCUT2D eigenvalue weighted by Gasteiger charge is 2.16. The Hall–Kier alpha value is -2.59. The van der Waals surface area contributed by atoms with Gasteiger partial charge in [-0.3, -0.25) is 9.78 Å².